The highest BCUT2D eigenvalue weighted by atomic mass is 16.5. The van der Waals surface area contributed by atoms with Gasteiger partial charge in [0.2, 0.25) is 0 Å². The Morgan fingerprint density at radius 2 is 2.21 bits per heavy atom. The lowest BCUT2D eigenvalue weighted by Gasteiger charge is -2.06. The molecule has 0 bridgehead atoms. The van der Waals surface area contributed by atoms with Crippen molar-refractivity contribution in [2.24, 2.45) is 7.05 Å². The number of hydrogen-bond donors (Lipinski definition) is 1. The van der Waals surface area contributed by atoms with E-state index in [0.717, 1.165) is 22.1 Å². The van der Waals surface area contributed by atoms with E-state index in [2.05, 4.69) is 10.1 Å². The van der Waals surface area contributed by atoms with E-state index in [4.69, 9.17) is 10.5 Å². The SMILES string of the molecule is Cn1cc(COc2ccc3c(N)nccc3c2)cn1. The lowest BCUT2D eigenvalue weighted by molar-refractivity contribution is 0.306. The van der Waals surface area contributed by atoms with Crippen LogP contribution in [-0.2, 0) is 13.7 Å². The molecule has 5 heteroatoms. The summed E-state index contributed by atoms with van der Waals surface area (Å²) in [6.07, 6.45) is 5.43. The minimum atomic E-state index is 0.500. The van der Waals surface area contributed by atoms with E-state index in [1.165, 1.54) is 0 Å². The highest BCUT2D eigenvalue weighted by Crippen LogP contribution is 2.24. The lowest BCUT2D eigenvalue weighted by atomic mass is 10.1. The molecule has 0 fully saturated rings. The van der Waals surface area contributed by atoms with Gasteiger partial charge < -0.3 is 10.5 Å². The lowest BCUT2D eigenvalue weighted by Crippen LogP contribution is -1.95. The van der Waals surface area contributed by atoms with Crippen LogP contribution < -0.4 is 10.5 Å². The van der Waals surface area contributed by atoms with Crippen molar-refractivity contribution in [3.8, 4) is 5.75 Å². The molecule has 19 heavy (non-hydrogen) atoms. The first kappa shape index (κ1) is 11.5. The maximum atomic E-state index is 5.81. The Morgan fingerprint density at radius 3 is 3.00 bits per heavy atom. The van der Waals surface area contributed by atoms with Crippen molar-refractivity contribution in [3.05, 3.63) is 48.4 Å². The molecule has 5 nitrogen and oxygen atoms in total. The zero-order valence-electron chi connectivity index (χ0n) is 10.6. The Morgan fingerprint density at radius 1 is 1.32 bits per heavy atom. The monoisotopic (exact) mass is 254 g/mol. The fraction of sp³-hybridized carbons (Fsp3) is 0.143. The summed E-state index contributed by atoms with van der Waals surface area (Å²) in [5, 5.41) is 6.07. The molecule has 0 aliphatic heterocycles. The average Bonchev–Trinajstić information content (AvgIpc) is 2.82. The molecule has 0 amide bonds. The second kappa shape index (κ2) is 4.61. The summed E-state index contributed by atoms with van der Waals surface area (Å²) in [6, 6.07) is 7.71. The van der Waals surface area contributed by atoms with Crippen molar-refractivity contribution in [2.45, 2.75) is 6.61 Å². The Balaban J connectivity index is 1.82. The van der Waals surface area contributed by atoms with Crippen molar-refractivity contribution in [1.29, 1.82) is 0 Å². The van der Waals surface area contributed by atoms with E-state index in [9.17, 15) is 0 Å². The molecule has 2 heterocycles. The first-order chi connectivity index (χ1) is 9.22. The van der Waals surface area contributed by atoms with Crippen LogP contribution in [0.15, 0.2) is 42.9 Å². The van der Waals surface area contributed by atoms with Gasteiger partial charge in [-0.25, -0.2) is 4.98 Å². The number of ether oxygens (including phenoxy) is 1. The highest BCUT2D eigenvalue weighted by molar-refractivity contribution is 5.91. The Labute approximate surface area is 110 Å². The van der Waals surface area contributed by atoms with E-state index in [1.54, 1.807) is 17.1 Å². The van der Waals surface area contributed by atoms with Gasteiger partial charge in [0.05, 0.1) is 6.20 Å². The molecule has 0 spiro atoms. The maximum absolute atomic E-state index is 5.81. The van der Waals surface area contributed by atoms with Gasteiger partial charge in [-0.2, -0.15) is 5.10 Å². The standard InChI is InChI=1S/C14H14N4O/c1-18-8-10(7-17-18)9-19-12-2-3-13-11(6-12)4-5-16-14(13)15/h2-8H,9H2,1H3,(H2,15,16). The van der Waals surface area contributed by atoms with Gasteiger partial charge in [0.25, 0.3) is 0 Å². The third-order valence-corrected chi connectivity index (χ3v) is 2.93. The molecule has 0 radical (unpaired) electrons. The van der Waals surface area contributed by atoms with Gasteiger partial charge in [-0.15, -0.1) is 0 Å². The predicted octanol–water partition coefficient (Wildman–Crippen LogP) is 2.13. The van der Waals surface area contributed by atoms with Gasteiger partial charge in [-0.1, -0.05) is 0 Å². The van der Waals surface area contributed by atoms with Crippen LogP contribution in [0.25, 0.3) is 10.8 Å². The molecule has 0 unspecified atom stereocenters. The molecule has 3 rings (SSSR count). The van der Waals surface area contributed by atoms with Crippen LogP contribution in [-0.4, -0.2) is 14.8 Å². The number of nitrogens with zero attached hydrogens (tertiary/aromatic N) is 3. The van der Waals surface area contributed by atoms with Crippen LogP contribution in [0.3, 0.4) is 0 Å². The van der Waals surface area contributed by atoms with Crippen LogP contribution in [0.2, 0.25) is 0 Å². The third-order valence-electron chi connectivity index (χ3n) is 2.93. The van der Waals surface area contributed by atoms with E-state index >= 15 is 0 Å². The van der Waals surface area contributed by atoms with Crippen molar-refractivity contribution < 1.29 is 4.74 Å². The highest BCUT2D eigenvalue weighted by Gasteiger charge is 2.02. The summed E-state index contributed by atoms with van der Waals surface area (Å²) in [6.45, 7) is 0.500. The summed E-state index contributed by atoms with van der Waals surface area (Å²) in [7, 11) is 1.88. The minimum absolute atomic E-state index is 0.500. The fourth-order valence-corrected chi connectivity index (χ4v) is 1.98. The van der Waals surface area contributed by atoms with Crippen LogP contribution in [0.5, 0.6) is 5.75 Å². The second-order valence-corrected chi connectivity index (χ2v) is 4.39. The summed E-state index contributed by atoms with van der Waals surface area (Å²) >= 11 is 0. The van der Waals surface area contributed by atoms with Crippen LogP contribution in [0, 0.1) is 0 Å². The minimum Gasteiger partial charge on any atom is -0.489 e. The normalized spacial score (nSPS) is 10.8. The number of rotatable bonds is 3. The third kappa shape index (κ3) is 2.35. The molecule has 0 aliphatic carbocycles. The molecule has 2 N–H and O–H groups in total. The average molecular weight is 254 g/mol. The Hall–Kier alpha value is -2.56. The number of aryl methyl sites for hydroxylation is 1. The smallest absolute Gasteiger partial charge is 0.131 e. The zero-order chi connectivity index (χ0) is 13.2. The molecule has 0 atom stereocenters. The van der Waals surface area contributed by atoms with Gasteiger partial charge in [0.15, 0.2) is 0 Å². The fourth-order valence-electron chi connectivity index (χ4n) is 1.98. The number of pyridine rings is 1. The number of anilines is 1. The Kier molecular flexibility index (Phi) is 2.79. The van der Waals surface area contributed by atoms with E-state index in [-0.39, 0.29) is 0 Å². The number of benzene rings is 1. The molecule has 0 aliphatic rings. The topological polar surface area (TPSA) is 66.0 Å². The summed E-state index contributed by atoms with van der Waals surface area (Å²) in [5.74, 6) is 1.35. The second-order valence-electron chi connectivity index (χ2n) is 4.39. The van der Waals surface area contributed by atoms with E-state index in [0.29, 0.717) is 12.4 Å². The van der Waals surface area contributed by atoms with Crippen molar-refractivity contribution >= 4 is 16.6 Å². The van der Waals surface area contributed by atoms with Crippen LogP contribution in [0.4, 0.5) is 5.82 Å². The largest absolute Gasteiger partial charge is 0.489 e. The maximum Gasteiger partial charge on any atom is 0.131 e. The number of hydrogen-bond acceptors (Lipinski definition) is 4. The first-order valence-electron chi connectivity index (χ1n) is 5.97. The van der Waals surface area contributed by atoms with Gasteiger partial charge in [-0.05, 0) is 29.7 Å². The number of nitrogens with two attached hydrogens (primary N) is 1. The predicted molar refractivity (Wildman–Crippen MR) is 73.7 cm³/mol. The van der Waals surface area contributed by atoms with Crippen molar-refractivity contribution in [2.75, 3.05) is 5.73 Å². The summed E-state index contributed by atoms with van der Waals surface area (Å²) in [5.41, 5.74) is 6.85. The number of aromatic nitrogens is 3. The number of nitrogen functional groups attached to an aromatic ring is 1. The van der Waals surface area contributed by atoms with Gasteiger partial charge in [-0.3, -0.25) is 4.68 Å². The quantitative estimate of drug-likeness (QED) is 0.777. The van der Waals surface area contributed by atoms with Gasteiger partial charge >= 0.3 is 0 Å². The zero-order valence-corrected chi connectivity index (χ0v) is 10.6. The van der Waals surface area contributed by atoms with Crippen molar-refractivity contribution in [3.63, 3.8) is 0 Å². The molecule has 3 aromatic rings. The van der Waals surface area contributed by atoms with Crippen LogP contribution in [0.1, 0.15) is 5.56 Å². The van der Waals surface area contributed by atoms with Gasteiger partial charge in [0.1, 0.15) is 18.2 Å². The molecule has 96 valence electrons. The number of fused-ring (bicyclic) bond motifs is 1. The van der Waals surface area contributed by atoms with Crippen LogP contribution >= 0.6 is 0 Å². The summed E-state index contributed by atoms with van der Waals surface area (Å²) < 4.78 is 7.49. The first-order valence-corrected chi connectivity index (χ1v) is 5.97. The molecular weight excluding hydrogens is 240 g/mol. The van der Waals surface area contributed by atoms with Gasteiger partial charge in [0, 0.05) is 30.4 Å². The van der Waals surface area contributed by atoms with Crippen molar-refractivity contribution in [1.82, 2.24) is 14.8 Å². The summed E-state index contributed by atoms with van der Waals surface area (Å²) in [4.78, 5) is 4.06. The molecule has 2 aromatic heterocycles. The molecular formula is C14H14N4O. The molecule has 1 aromatic carbocycles. The molecule has 0 saturated heterocycles. The molecule has 0 saturated carbocycles. The Bertz CT molecular complexity index is 720. The van der Waals surface area contributed by atoms with E-state index in [1.807, 2.05) is 37.5 Å². The van der Waals surface area contributed by atoms with E-state index < -0.39 is 0 Å².